The SMILES string of the molecule is CCn1c(-c2ccccc2)nc(-c2cccc(N(C)C)c2)c1C(=O)N[C@@H](C)c1ccccc1. The van der Waals surface area contributed by atoms with Crippen LogP contribution in [0.2, 0.25) is 0 Å². The Bertz CT molecular complexity index is 1230. The van der Waals surface area contributed by atoms with Crippen molar-refractivity contribution in [2.75, 3.05) is 19.0 Å². The molecule has 3 aromatic carbocycles. The molecule has 0 fully saturated rings. The second-order valence-electron chi connectivity index (χ2n) is 8.29. The summed E-state index contributed by atoms with van der Waals surface area (Å²) in [7, 11) is 4.02. The van der Waals surface area contributed by atoms with E-state index in [9.17, 15) is 4.79 Å². The van der Waals surface area contributed by atoms with Gasteiger partial charge in [-0.2, -0.15) is 0 Å². The molecule has 33 heavy (non-hydrogen) atoms. The summed E-state index contributed by atoms with van der Waals surface area (Å²) in [6.07, 6.45) is 0. The standard InChI is InChI=1S/C28H30N4O/c1-5-32-26(28(33)29-20(2)21-13-8-6-9-14-21)25(23-17-12-18-24(19-23)31(3)4)30-27(32)22-15-10-7-11-16-22/h6-20H,5H2,1-4H3,(H,29,33)/t20-/m0/s1. The molecule has 0 aliphatic carbocycles. The lowest BCUT2D eigenvalue weighted by Gasteiger charge is -2.17. The Labute approximate surface area is 195 Å². The molecule has 0 aliphatic heterocycles. The van der Waals surface area contributed by atoms with Gasteiger partial charge >= 0.3 is 0 Å². The summed E-state index contributed by atoms with van der Waals surface area (Å²) in [4.78, 5) is 20.7. The molecule has 0 saturated heterocycles. The maximum atomic E-state index is 13.7. The number of imidazole rings is 1. The number of carbonyl (C=O) groups is 1. The molecule has 0 spiro atoms. The third kappa shape index (κ3) is 4.67. The van der Waals surface area contributed by atoms with Crippen molar-refractivity contribution in [1.29, 1.82) is 0 Å². The number of aromatic nitrogens is 2. The third-order valence-corrected chi connectivity index (χ3v) is 5.81. The van der Waals surface area contributed by atoms with Crippen LogP contribution >= 0.6 is 0 Å². The molecule has 0 saturated carbocycles. The minimum atomic E-state index is -0.131. The molecule has 1 N–H and O–H groups in total. The van der Waals surface area contributed by atoms with Crippen LogP contribution in [-0.2, 0) is 6.54 Å². The molecule has 1 heterocycles. The average molecular weight is 439 g/mol. The molecule has 168 valence electrons. The normalized spacial score (nSPS) is 11.8. The van der Waals surface area contributed by atoms with E-state index in [1.54, 1.807) is 0 Å². The Morgan fingerprint density at radius 3 is 2.21 bits per heavy atom. The van der Waals surface area contributed by atoms with Gasteiger partial charge in [0.1, 0.15) is 17.2 Å². The van der Waals surface area contributed by atoms with E-state index in [2.05, 4.69) is 22.3 Å². The van der Waals surface area contributed by atoms with E-state index < -0.39 is 0 Å². The quantitative estimate of drug-likeness (QED) is 0.397. The molecular weight excluding hydrogens is 408 g/mol. The summed E-state index contributed by atoms with van der Waals surface area (Å²) in [5.74, 6) is 0.661. The lowest BCUT2D eigenvalue weighted by atomic mass is 10.1. The zero-order chi connectivity index (χ0) is 23.4. The number of amides is 1. The summed E-state index contributed by atoms with van der Waals surface area (Å²) < 4.78 is 2.01. The Hall–Kier alpha value is -3.86. The van der Waals surface area contributed by atoms with Crippen LogP contribution in [0.4, 0.5) is 5.69 Å². The summed E-state index contributed by atoms with van der Waals surface area (Å²) in [5, 5.41) is 3.19. The molecule has 1 amide bonds. The maximum absolute atomic E-state index is 13.7. The summed E-state index contributed by atoms with van der Waals surface area (Å²) in [6.45, 7) is 4.68. The lowest BCUT2D eigenvalue weighted by Crippen LogP contribution is -2.29. The fourth-order valence-corrected chi connectivity index (χ4v) is 4.02. The van der Waals surface area contributed by atoms with Crippen LogP contribution in [0.1, 0.15) is 35.9 Å². The van der Waals surface area contributed by atoms with E-state index in [0.717, 1.165) is 28.2 Å². The molecule has 5 heteroatoms. The van der Waals surface area contributed by atoms with Crippen molar-refractivity contribution >= 4 is 11.6 Å². The highest BCUT2D eigenvalue weighted by Gasteiger charge is 2.25. The third-order valence-electron chi connectivity index (χ3n) is 5.81. The highest BCUT2D eigenvalue weighted by molar-refractivity contribution is 6.00. The zero-order valence-electron chi connectivity index (χ0n) is 19.6. The van der Waals surface area contributed by atoms with Crippen molar-refractivity contribution in [2.45, 2.75) is 26.4 Å². The fraction of sp³-hybridized carbons (Fsp3) is 0.214. The second-order valence-corrected chi connectivity index (χ2v) is 8.29. The topological polar surface area (TPSA) is 50.2 Å². The van der Waals surface area contributed by atoms with Crippen LogP contribution in [0.25, 0.3) is 22.6 Å². The smallest absolute Gasteiger partial charge is 0.270 e. The lowest BCUT2D eigenvalue weighted by molar-refractivity contribution is 0.0931. The van der Waals surface area contributed by atoms with Crippen LogP contribution in [0.3, 0.4) is 0 Å². The molecule has 0 bridgehead atoms. The van der Waals surface area contributed by atoms with Gasteiger partial charge in [-0.15, -0.1) is 0 Å². The summed E-state index contributed by atoms with van der Waals surface area (Å²) >= 11 is 0. The first-order valence-corrected chi connectivity index (χ1v) is 11.3. The van der Waals surface area contributed by atoms with E-state index in [4.69, 9.17) is 4.98 Å². The van der Waals surface area contributed by atoms with E-state index >= 15 is 0 Å². The summed E-state index contributed by atoms with van der Waals surface area (Å²) in [6, 6.07) is 28.1. The van der Waals surface area contributed by atoms with Crippen LogP contribution in [0.15, 0.2) is 84.9 Å². The van der Waals surface area contributed by atoms with Gasteiger partial charge in [-0.3, -0.25) is 4.79 Å². The van der Waals surface area contributed by atoms with Crippen LogP contribution in [0.5, 0.6) is 0 Å². The van der Waals surface area contributed by atoms with Crippen molar-refractivity contribution in [1.82, 2.24) is 14.9 Å². The van der Waals surface area contributed by atoms with Crippen molar-refractivity contribution < 1.29 is 4.79 Å². The van der Waals surface area contributed by atoms with Crippen LogP contribution in [-0.4, -0.2) is 29.6 Å². The minimum Gasteiger partial charge on any atom is -0.378 e. The molecule has 1 aromatic heterocycles. The van der Waals surface area contributed by atoms with Gasteiger partial charge < -0.3 is 14.8 Å². The Kier molecular flexibility index (Phi) is 6.59. The molecule has 0 unspecified atom stereocenters. The molecule has 5 nitrogen and oxygen atoms in total. The fourth-order valence-electron chi connectivity index (χ4n) is 4.02. The molecular formula is C28H30N4O. The number of nitrogens with zero attached hydrogens (tertiary/aromatic N) is 3. The van der Waals surface area contributed by atoms with Gasteiger partial charge in [-0.1, -0.05) is 72.8 Å². The molecule has 0 aliphatic rings. The van der Waals surface area contributed by atoms with Gasteiger partial charge in [0.15, 0.2) is 0 Å². The first kappa shape index (κ1) is 22.3. The van der Waals surface area contributed by atoms with E-state index in [1.165, 1.54) is 0 Å². The summed E-state index contributed by atoms with van der Waals surface area (Å²) in [5.41, 5.74) is 5.30. The van der Waals surface area contributed by atoms with Crippen LogP contribution in [0, 0.1) is 0 Å². The molecule has 1 atom stereocenters. The average Bonchev–Trinajstić information content (AvgIpc) is 3.25. The molecule has 0 radical (unpaired) electrons. The number of carbonyl (C=O) groups excluding carboxylic acids is 1. The van der Waals surface area contributed by atoms with E-state index in [1.807, 2.05) is 105 Å². The van der Waals surface area contributed by atoms with Gasteiger partial charge in [0, 0.05) is 37.5 Å². The van der Waals surface area contributed by atoms with Crippen molar-refractivity contribution in [2.24, 2.45) is 0 Å². The highest BCUT2D eigenvalue weighted by Crippen LogP contribution is 2.31. The van der Waals surface area contributed by atoms with Crippen molar-refractivity contribution in [3.63, 3.8) is 0 Å². The minimum absolute atomic E-state index is 0.125. The number of rotatable bonds is 7. The number of hydrogen-bond donors (Lipinski definition) is 1. The number of hydrogen-bond acceptors (Lipinski definition) is 3. The molecule has 4 aromatic rings. The predicted molar refractivity (Wildman–Crippen MR) is 135 cm³/mol. The number of anilines is 1. The Balaban J connectivity index is 1.84. The second kappa shape index (κ2) is 9.74. The first-order valence-electron chi connectivity index (χ1n) is 11.3. The number of nitrogens with one attached hydrogen (secondary N) is 1. The monoisotopic (exact) mass is 438 g/mol. The Morgan fingerprint density at radius 1 is 0.939 bits per heavy atom. The number of benzene rings is 3. The van der Waals surface area contributed by atoms with Crippen molar-refractivity contribution in [3.8, 4) is 22.6 Å². The van der Waals surface area contributed by atoms with Gasteiger partial charge in [0.2, 0.25) is 0 Å². The highest BCUT2D eigenvalue weighted by atomic mass is 16.2. The largest absolute Gasteiger partial charge is 0.378 e. The van der Waals surface area contributed by atoms with Gasteiger partial charge in [-0.05, 0) is 31.5 Å². The van der Waals surface area contributed by atoms with Gasteiger partial charge in [0.05, 0.1) is 6.04 Å². The zero-order valence-corrected chi connectivity index (χ0v) is 19.6. The Morgan fingerprint density at radius 2 is 1.58 bits per heavy atom. The van der Waals surface area contributed by atoms with Gasteiger partial charge in [0.25, 0.3) is 5.91 Å². The predicted octanol–water partition coefficient (Wildman–Crippen LogP) is 5.79. The first-order chi connectivity index (χ1) is 16.0. The molecule has 4 rings (SSSR count). The maximum Gasteiger partial charge on any atom is 0.270 e. The van der Waals surface area contributed by atoms with E-state index in [0.29, 0.717) is 17.9 Å². The van der Waals surface area contributed by atoms with Crippen LogP contribution < -0.4 is 10.2 Å². The van der Waals surface area contributed by atoms with Crippen molar-refractivity contribution in [3.05, 3.63) is 96.2 Å². The van der Waals surface area contributed by atoms with E-state index in [-0.39, 0.29) is 11.9 Å². The van der Waals surface area contributed by atoms with Gasteiger partial charge in [-0.25, -0.2) is 4.98 Å².